The second kappa shape index (κ2) is 10.5. The molecule has 1 aliphatic heterocycles. The fraction of sp³-hybridized carbons (Fsp3) is 0.385. The predicted octanol–water partition coefficient (Wildman–Crippen LogP) is 3.51. The van der Waals surface area contributed by atoms with Crippen molar-refractivity contribution in [1.82, 2.24) is 10.2 Å². The number of likely N-dealkylation sites (tertiary alicyclic amines) is 1. The van der Waals surface area contributed by atoms with Crippen LogP contribution in [-0.2, 0) is 4.79 Å². The molecule has 1 aliphatic rings. The van der Waals surface area contributed by atoms with Crippen LogP contribution in [-0.4, -0.2) is 57.7 Å². The van der Waals surface area contributed by atoms with Crippen LogP contribution < -0.4 is 20.4 Å². The van der Waals surface area contributed by atoms with Gasteiger partial charge >= 0.3 is 0 Å². The lowest BCUT2D eigenvalue weighted by atomic mass is 10.1. The molecule has 0 atom stereocenters. The Morgan fingerprint density at radius 1 is 1.09 bits per heavy atom. The second-order valence-corrected chi connectivity index (χ2v) is 8.62. The van der Waals surface area contributed by atoms with Crippen molar-refractivity contribution in [3.05, 3.63) is 58.8 Å². The van der Waals surface area contributed by atoms with Crippen LogP contribution in [0, 0.1) is 0 Å². The largest absolute Gasteiger partial charge is 0.484 e. The van der Waals surface area contributed by atoms with Crippen molar-refractivity contribution in [3.8, 4) is 17.1 Å². The maximum Gasteiger partial charge on any atom is 0.257 e. The van der Waals surface area contributed by atoms with Crippen LogP contribution in [0.15, 0.2) is 57.7 Å². The van der Waals surface area contributed by atoms with E-state index in [1.165, 1.54) is 18.9 Å². The minimum atomic E-state index is -0.160. The lowest BCUT2D eigenvalue weighted by Gasteiger charge is -2.14. The summed E-state index contributed by atoms with van der Waals surface area (Å²) >= 11 is 0. The highest BCUT2D eigenvalue weighted by atomic mass is 16.5. The number of amides is 1. The Morgan fingerprint density at radius 3 is 2.58 bits per heavy atom. The van der Waals surface area contributed by atoms with E-state index >= 15 is 0 Å². The molecule has 4 rings (SSSR count). The maximum atomic E-state index is 12.6. The smallest absolute Gasteiger partial charge is 0.257 e. The van der Waals surface area contributed by atoms with Crippen LogP contribution in [0.25, 0.3) is 22.3 Å². The number of ether oxygens (including phenoxy) is 1. The maximum absolute atomic E-state index is 12.6. The molecule has 0 radical (unpaired) electrons. The number of rotatable bonds is 9. The third-order valence-electron chi connectivity index (χ3n) is 5.91. The van der Waals surface area contributed by atoms with Gasteiger partial charge in [-0.05, 0) is 75.3 Å². The van der Waals surface area contributed by atoms with Gasteiger partial charge in [0, 0.05) is 44.0 Å². The van der Waals surface area contributed by atoms with E-state index in [1.54, 1.807) is 18.2 Å². The summed E-state index contributed by atoms with van der Waals surface area (Å²) in [5, 5.41) is 3.37. The van der Waals surface area contributed by atoms with E-state index in [2.05, 4.69) is 10.2 Å². The normalized spacial score (nSPS) is 13.9. The van der Waals surface area contributed by atoms with E-state index in [4.69, 9.17) is 9.15 Å². The summed E-state index contributed by atoms with van der Waals surface area (Å²) in [7, 11) is 3.95. The number of hydrogen-bond acceptors (Lipinski definition) is 6. The summed E-state index contributed by atoms with van der Waals surface area (Å²) in [6.07, 6.45) is 3.48. The summed E-state index contributed by atoms with van der Waals surface area (Å²) < 4.78 is 11.6. The first-order valence-corrected chi connectivity index (χ1v) is 11.5. The Morgan fingerprint density at radius 2 is 1.85 bits per heavy atom. The minimum Gasteiger partial charge on any atom is -0.484 e. The van der Waals surface area contributed by atoms with Gasteiger partial charge in [-0.2, -0.15) is 0 Å². The van der Waals surface area contributed by atoms with Crippen molar-refractivity contribution in [2.45, 2.75) is 19.3 Å². The topological polar surface area (TPSA) is 75.0 Å². The molecule has 0 aliphatic carbocycles. The van der Waals surface area contributed by atoms with Crippen LogP contribution in [0.1, 0.15) is 19.3 Å². The van der Waals surface area contributed by atoms with Gasteiger partial charge in [0.15, 0.2) is 12.0 Å². The van der Waals surface area contributed by atoms with Crippen LogP contribution >= 0.6 is 0 Å². The van der Waals surface area contributed by atoms with Gasteiger partial charge in [0.05, 0.1) is 5.39 Å². The highest BCUT2D eigenvalue weighted by Crippen LogP contribution is 2.26. The number of hydrogen-bond donors (Lipinski definition) is 1. The van der Waals surface area contributed by atoms with Gasteiger partial charge in [-0.25, -0.2) is 0 Å². The van der Waals surface area contributed by atoms with Crippen LogP contribution in [0.2, 0.25) is 0 Å². The van der Waals surface area contributed by atoms with Crippen molar-refractivity contribution in [2.24, 2.45) is 0 Å². The number of anilines is 1. The van der Waals surface area contributed by atoms with Crippen LogP contribution in [0.3, 0.4) is 0 Å². The van der Waals surface area contributed by atoms with Gasteiger partial charge in [-0.15, -0.1) is 0 Å². The SMILES string of the molecule is CN(C)c1ccc(-c2cc(=O)c3ccc(OCC(=O)NCCCN4CCCC4)cc3o2)cc1. The van der Waals surface area contributed by atoms with Gasteiger partial charge in [0.25, 0.3) is 5.91 Å². The fourth-order valence-electron chi connectivity index (χ4n) is 4.03. The van der Waals surface area contributed by atoms with Crippen molar-refractivity contribution < 1.29 is 13.9 Å². The number of benzene rings is 2. The monoisotopic (exact) mass is 449 g/mol. The first kappa shape index (κ1) is 22.9. The summed E-state index contributed by atoms with van der Waals surface area (Å²) in [6, 6.07) is 14.3. The molecular formula is C26H31N3O4. The lowest BCUT2D eigenvalue weighted by Crippen LogP contribution is -2.32. The van der Waals surface area contributed by atoms with Gasteiger partial charge in [-0.1, -0.05) is 0 Å². The number of carbonyl (C=O) groups excluding carboxylic acids is 1. The van der Waals surface area contributed by atoms with Crippen LogP contribution in [0.4, 0.5) is 5.69 Å². The Bertz CT molecular complexity index is 1150. The summed E-state index contributed by atoms with van der Waals surface area (Å²) in [5.41, 5.74) is 2.19. The molecule has 1 N–H and O–H groups in total. The van der Waals surface area contributed by atoms with E-state index in [1.807, 2.05) is 43.3 Å². The lowest BCUT2D eigenvalue weighted by molar-refractivity contribution is -0.123. The van der Waals surface area contributed by atoms with Crippen molar-refractivity contribution in [1.29, 1.82) is 0 Å². The molecule has 174 valence electrons. The second-order valence-electron chi connectivity index (χ2n) is 8.62. The fourth-order valence-corrected chi connectivity index (χ4v) is 4.03. The first-order valence-electron chi connectivity index (χ1n) is 11.5. The molecule has 7 nitrogen and oxygen atoms in total. The quantitative estimate of drug-likeness (QED) is 0.504. The van der Waals surface area contributed by atoms with E-state index in [-0.39, 0.29) is 17.9 Å². The van der Waals surface area contributed by atoms with Gasteiger partial charge in [0.2, 0.25) is 0 Å². The molecule has 0 unspecified atom stereocenters. The Labute approximate surface area is 193 Å². The highest BCUT2D eigenvalue weighted by molar-refractivity contribution is 5.81. The Kier molecular flexibility index (Phi) is 7.29. The molecule has 0 bridgehead atoms. The van der Waals surface area contributed by atoms with E-state index < -0.39 is 0 Å². The highest BCUT2D eigenvalue weighted by Gasteiger charge is 2.12. The summed E-state index contributed by atoms with van der Waals surface area (Å²) in [5.74, 6) is 0.816. The predicted molar refractivity (Wildman–Crippen MR) is 131 cm³/mol. The number of nitrogens with one attached hydrogen (secondary N) is 1. The molecule has 2 heterocycles. The van der Waals surface area contributed by atoms with E-state index in [0.29, 0.717) is 29.0 Å². The third kappa shape index (κ3) is 5.93. The van der Waals surface area contributed by atoms with Crippen molar-refractivity contribution in [3.63, 3.8) is 0 Å². The molecule has 1 amide bonds. The molecule has 1 fully saturated rings. The first-order chi connectivity index (χ1) is 16.0. The third-order valence-corrected chi connectivity index (χ3v) is 5.91. The molecule has 2 aromatic carbocycles. The molecule has 0 spiro atoms. The molecule has 7 heteroatoms. The minimum absolute atomic E-state index is 0.0782. The Balaban J connectivity index is 1.37. The summed E-state index contributed by atoms with van der Waals surface area (Å²) in [6.45, 7) is 3.91. The zero-order valence-electron chi connectivity index (χ0n) is 19.3. The Hall–Kier alpha value is -3.32. The van der Waals surface area contributed by atoms with Gasteiger partial charge < -0.3 is 24.3 Å². The summed E-state index contributed by atoms with van der Waals surface area (Å²) in [4.78, 5) is 29.1. The zero-order chi connectivity index (χ0) is 23.2. The molecular weight excluding hydrogens is 418 g/mol. The standard InChI is InChI=1S/C26H31N3O4/c1-28(2)20-8-6-19(7-9-20)24-17-23(30)22-11-10-21(16-25(22)33-24)32-18-26(31)27-12-5-15-29-13-3-4-14-29/h6-11,16-17H,3-5,12-15,18H2,1-2H3,(H,27,31). The molecule has 1 saturated heterocycles. The van der Waals surface area contributed by atoms with Gasteiger partial charge in [-0.3, -0.25) is 9.59 Å². The van der Waals surface area contributed by atoms with Crippen LogP contribution in [0.5, 0.6) is 5.75 Å². The number of fused-ring (bicyclic) bond motifs is 1. The zero-order valence-corrected chi connectivity index (χ0v) is 19.3. The molecule has 0 saturated carbocycles. The van der Waals surface area contributed by atoms with Crippen molar-refractivity contribution >= 4 is 22.6 Å². The van der Waals surface area contributed by atoms with Gasteiger partial charge in [0.1, 0.15) is 17.1 Å². The average molecular weight is 450 g/mol. The molecule has 3 aromatic rings. The molecule has 33 heavy (non-hydrogen) atoms. The average Bonchev–Trinajstić information content (AvgIpc) is 3.34. The number of nitrogens with zero attached hydrogens (tertiary/aromatic N) is 2. The number of carbonyl (C=O) groups is 1. The molecule has 1 aromatic heterocycles. The van der Waals surface area contributed by atoms with E-state index in [0.717, 1.165) is 37.3 Å². The van der Waals surface area contributed by atoms with E-state index in [9.17, 15) is 9.59 Å². The van der Waals surface area contributed by atoms with Crippen molar-refractivity contribution in [2.75, 3.05) is 51.8 Å².